The van der Waals surface area contributed by atoms with Gasteiger partial charge in [0.1, 0.15) is 6.04 Å². The Kier molecular flexibility index (Phi) is 2.33. The Balaban J connectivity index is 2.12. The third kappa shape index (κ3) is 1.60. The van der Waals surface area contributed by atoms with Gasteiger partial charge in [-0.2, -0.15) is 0 Å². The van der Waals surface area contributed by atoms with E-state index in [0.29, 0.717) is 22.8 Å². The van der Waals surface area contributed by atoms with E-state index >= 15 is 0 Å². The van der Waals surface area contributed by atoms with Crippen LogP contribution in [-0.4, -0.2) is 29.3 Å². The second-order valence-electron chi connectivity index (χ2n) is 4.34. The smallest absolute Gasteiger partial charge is 0.256 e. The molecule has 5 heteroatoms. The zero-order valence-electron chi connectivity index (χ0n) is 9.07. The lowest BCUT2D eigenvalue weighted by Gasteiger charge is -2.19. The number of benzene rings is 1. The van der Waals surface area contributed by atoms with Crippen molar-refractivity contribution in [3.8, 4) is 0 Å². The minimum atomic E-state index is -0.325. The molecule has 88 valence electrons. The Morgan fingerprint density at radius 1 is 1.35 bits per heavy atom. The number of nitrogens with one attached hydrogen (secondary N) is 1. The van der Waals surface area contributed by atoms with Gasteiger partial charge in [0.25, 0.3) is 5.91 Å². The van der Waals surface area contributed by atoms with Crippen LogP contribution in [0.15, 0.2) is 18.2 Å². The molecule has 0 radical (unpaired) electrons. The molecular formula is C12H11ClN2O2. The standard InChI is InChI=1S/C12H11ClN2O2/c13-7-3-4-8-9(6-7)14-11(16)10-2-1-5-15(10)12(8)17/h3-4,6,10H,1-2,5H2,(H,14,16)/t10-/m0/s1. The van der Waals surface area contributed by atoms with Gasteiger partial charge in [-0.05, 0) is 31.0 Å². The molecule has 17 heavy (non-hydrogen) atoms. The van der Waals surface area contributed by atoms with Crippen LogP contribution in [0.5, 0.6) is 0 Å². The minimum Gasteiger partial charge on any atom is -0.327 e. The van der Waals surface area contributed by atoms with E-state index in [1.54, 1.807) is 23.1 Å². The van der Waals surface area contributed by atoms with Crippen molar-refractivity contribution in [2.45, 2.75) is 18.9 Å². The highest BCUT2D eigenvalue weighted by Gasteiger charge is 2.38. The van der Waals surface area contributed by atoms with Gasteiger partial charge in [0.15, 0.2) is 0 Å². The van der Waals surface area contributed by atoms with Crippen molar-refractivity contribution in [3.05, 3.63) is 28.8 Å². The van der Waals surface area contributed by atoms with Crippen LogP contribution < -0.4 is 5.32 Å². The van der Waals surface area contributed by atoms with Crippen molar-refractivity contribution < 1.29 is 9.59 Å². The summed E-state index contributed by atoms with van der Waals surface area (Å²) in [5.41, 5.74) is 1.04. The van der Waals surface area contributed by atoms with Gasteiger partial charge < -0.3 is 10.2 Å². The van der Waals surface area contributed by atoms with Crippen LogP contribution in [0.25, 0.3) is 0 Å². The molecule has 3 rings (SSSR count). The van der Waals surface area contributed by atoms with Crippen LogP contribution in [0, 0.1) is 0 Å². The fourth-order valence-electron chi connectivity index (χ4n) is 2.46. The molecule has 4 nitrogen and oxygen atoms in total. The van der Waals surface area contributed by atoms with Crippen LogP contribution in [-0.2, 0) is 4.79 Å². The minimum absolute atomic E-state index is 0.0856. The Labute approximate surface area is 104 Å². The molecule has 1 saturated heterocycles. The summed E-state index contributed by atoms with van der Waals surface area (Å²) in [7, 11) is 0. The van der Waals surface area contributed by atoms with Gasteiger partial charge in [-0.1, -0.05) is 11.6 Å². The highest BCUT2D eigenvalue weighted by Crippen LogP contribution is 2.30. The fraction of sp³-hybridized carbons (Fsp3) is 0.333. The number of rotatable bonds is 0. The number of hydrogen-bond acceptors (Lipinski definition) is 2. The predicted molar refractivity (Wildman–Crippen MR) is 64.1 cm³/mol. The molecule has 1 fully saturated rings. The average Bonchev–Trinajstić information content (AvgIpc) is 2.74. The Morgan fingerprint density at radius 3 is 3.00 bits per heavy atom. The van der Waals surface area contributed by atoms with E-state index in [2.05, 4.69) is 5.32 Å². The number of amides is 2. The molecule has 2 aliphatic rings. The first-order valence-electron chi connectivity index (χ1n) is 5.58. The summed E-state index contributed by atoms with van der Waals surface area (Å²) in [5.74, 6) is -0.200. The lowest BCUT2D eigenvalue weighted by atomic mass is 10.1. The van der Waals surface area contributed by atoms with Gasteiger partial charge in [0.05, 0.1) is 11.3 Å². The number of halogens is 1. The van der Waals surface area contributed by atoms with Crippen LogP contribution >= 0.6 is 11.6 Å². The van der Waals surface area contributed by atoms with E-state index in [9.17, 15) is 9.59 Å². The second kappa shape index (κ2) is 3.74. The summed E-state index contributed by atoms with van der Waals surface area (Å²) in [6, 6.07) is 4.63. The Hall–Kier alpha value is -1.55. The summed E-state index contributed by atoms with van der Waals surface area (Å²) in [4.78, 5) is 25.9. The predicted octanol–water partition coefficient (Wildman–Crippen LogP) is 1.90. The third-order valence-electron chi connectivity index (χ3n) is 3.29. The molecule has 0 aliphatic carbocycles. The molecule has 0 saturated carbocycles. The van der Waals surface area contributed by atoms with Gasteiger partial charge in [-0.3, -0.25) is 9.59 Å². The molecule has 0 unspecified atom stereocenters. The second-order valence-corrected chi connectivity index (χ2v) is 4.77. The maximum Gasteiger partial charge on any atom is 0.256 e. The summed E-state index contributed by atoms with van der Waals surface area (Å²) >= 11 is 5.87. The van der Waals surface area contributed by atoms with Gasteiger partial charge in [-0.15, -0.1) is 0 Å². The Bertz CT molecular complexity index is 515. The normalized spacial score (nSPS) is 22.9. The summed E-state index contributed by atoms with van der Waals surface area (Å²) in [6.45, 7) is 0.652. The summed E-state index contributed by atoms with van der Waals surface area (Å²) < 4.78 is 0. The van der Waals surface area contributed by atoms with Crippen LogP contribution in [0.4, 0.5) is 5.69 Å². The number of nitrogens with zero attached hydrogens (tertiary/aromatic N) is 1. The molecule has 2 aliphatic heterocycles. The largest absolute Gasteiger partial charge is 0.327 e. The molecule has 0 spiro atoms. The zero-order chi connectivity index (χ0) is 12.0. The monoisotopic (exact) mass is 250 g/mol. The van der Waals surface area contributed by atoms with Crippen LogP contribution in [0.2, 0.25) is 5.02 Å². The molecule has 1 atom stereocenters. The number of hydrogen-bond donors (Lipinski definition) is 1. The van der Waals surface area contributed by atoms with Crippen molar-refractivity contribution in [1.29, 1.82) is 0 Å². The van der Waals surface area contributed by atoms with E-state index in [-0.39, 0.29) is 17.9 Å². The molecule has 0 aromatic heterocycles. The number of carbonyl (C=O) groups excluding carboxylic acids is 2. The van der Waals surface area contributed by atoms with E-state index in [1.165, 1.54) is 0 Å². The van der Waals surface area contributed by atoms with Crippen LogP contribution in [0.3, 0.4) is 0 Å². The van der Waals surface area contributed by atoms with E-state index < -0.39 is 0 Å². The van der Waals surface area contributed by atoms with Crippen molar-refractivity contribution >= 4 is 29.1 Å². The number of fused-ring (bicyclic) bond motifs is 2. The number of carbonyl (C=O) groups is 2. The molecule has 2 heterocycles. The zero-order valence-corrected chi connectivity index (χ0v) is 9.83. The van der Waals surface area contributed by atoms with E-state index in [0.717, 1.165) is 12.8 Å². The molecule has 2 amide bonds. The van der Waals surface area contributed by atoms with Gasteiger partial charge in [0.2, 0.25) is 5.91 Å². The highest BCUT2D eigenvalue weighted by molar-refractivity contribution is 6.31. The fourth-order valence-corrected chi connectivity index (χ4v) is 2.63. The van der Waals surface area contributed by atoms with Gasteiger partial charge in [0, 0.05) is 11.6 Å². The van der Waals surface area contributed by atoms with Gasteiger partial charge in [-0.25, -0.2) is 0 Å². The van der Waals surface area contributed by atoms with Crippen molar-refractivity contribution in [3.63, 3.8) is 0 Å². The van der Waals surface area contributed by atoms with Crippen molar-refractivity contribution in [2.24, 2.45) is 0 Å². The lowest BCUT2D eigenvalue weighted by molar-refractivity contribution is -0.119. The quantitative estimate of drug-likeness (QED) is 0.765. The SMILES string of the molecule is O=C1Nc2cc(Cl)ccc2C(=O)N2CCC[C@@H]12. The maximum atomic E-state index is 12.3. The molecule has 0 bridgehead atoms. The van der Waals surface area contributed by atoms with Crippen molar-refractivity contribution in [1.82, 2.24) is 4.90 Å². The summed E-state index contributed by atoms with van der Waals surface area (Å²) in [6.07, 6.45) is 1.62. The highest BCUT2D eigenvalue weighted by atomic mass is 35.5. The number of anilines is 1. The molecular weight excluding hydrogens is 240 g/mol. The lowest BCUT2D eigenvalue weighted by Crippen LogP contribution is -2.40. The van der Waals surface area contributed by atoms with Gasteiger partial charge >= 0.3 is 0 Å². The topological polar surface area (TPSA) is 49.4 Å². The first kappa shape index (κ1) is 10.6. The van der Waals surface area contributed by atoms with Crippen molar-refractivity contribution in [2.75, 3.05) is 11.9 Å². The first-order chi connectivity index (χ1) is 8.16. The Morgan fingerprint density at radius 2 is 2.18 bits per heavy atom. The van der Waals surface area contributed by atoms with E-state index in [4.69, 9.17) is 11.6 Å². The third-order valence-corrected chi connectivity index (χ3v) is 3.52. The molecule has 1 N–H and O–H groups in total. The summed E-state index contributed by atoms with van der Waals surface area (Å²) in [5, 5.41) is 3.29. The average molecular weight is 251 g/mol. The van der Waals surface area contributed by atoms with Crippen LogP contribution in [0.1, 0.15) is 23.2 Å². The van der Waals surface area contributed by atoms with E-state index in [1.807, 2.05) is 0 Å². The maximum absolute atomic E-state index is 12.3. The molecule has 1 aromatic carbocycles. The first-order valence-corrected chi connectivity index (χ1v) is 5.96. The molecule has 1 aromatic rings.